The van der Waals surface area contributed by atoms with Crippen molar-refractivity contribution in [3.05, 3.63) is 87.5 Å². The van der Waals surface area contributed by atoms with Gasteiger partial charge in [0, 0.05) is 30.7 Å². The zero-order valence-electron chi connectivity index (χ0n) is 16.7. The molecule has 162 valence electrons. The molecule has 0 aliphatic heterocycles. The molecule has 2 heterocycles. The summed E-state index contributed by atoms with van der Waals surface area (Å²) in [5.41, 5.74) is 0.195. The second-order valence-electron chi connectivity index (χ2n) is 6.89. The van der Waals surface area contributed by atoms with Crippen LogP contribution in [0.2, 0.25) is 0 Å². The number of benzene rings is 1. The second-order valence-corrected chi connectivity index (χ2v) is 6.89. The lowest BCUT2D eigenvalue weighted by atomic mass is 10.0. The summed E-state index contributed by atoms with van der Waals surface area (Å²) in [4.78, 5) is 30.6. The van der Waals surface area contributed by atoms with Crippen LogP contribution in [0.1, 0.15) is 40.4 Å². The average Bonchev–Trinajstić information content (AvgIpc) is 2.74. The fourth-order valence-electron chi connectivity index (χ4n) is 3.07. The van der Waals surface area contributed by atoms with Crippen LogP contribution in [0.15, 0.2) is 59.7 Å². The Morgan fingerprint density at radius 3 is 2.65 bits per heavy atom. The van der Waals surface area contributed by atoms with Crippen molar-refractivity contribution >= 4 is 17.4 Å². The maximum Gasteiger partial charge on any atom is 0.416 e. The molecule has 1 amide bonds. The number of alkyl halides is 3. The van der Waals surface area contributed by atoms with Gasteiger partial charge in [-0.25, -0.2) is 4.98 Å². The fraction of sp³-hybridized carbons (Fsp3) is 0.227. The third-order valence-corrected chi connectivity index (χ3v) is 4.55. The third-order valence-electron chi connectivity index (χ3n) is 4.55. The lowest BCUT2D eigenvalue weighted by Crippen LogP contribution is -2.17. The predicted molar refractivity (Wildman–Crippen MR) is 112 cm³/mol. The van der Waals surface area contributed by atoms with Crippen molar-refractivity contribution < 1.29 is 18.0 Å². The van der Waals surface area contributed by atoms with E-state index in [-0.39, 0.29) is 34.7 Å². The van der Waals surface area contributed by atoms with Crippen LogP contribution in [0, 0.1) is 0 Å². The molecule has 9 heteroatoms. The summed E-state index contributed by atoms with van der Waals surface area (Å²) >= 11 is 0. The van der Waals surface area contributed by atoms with Gasteiger partial charge in [-0.2, -0.15) is 13.2 Å². The number of nitrogens with one attached hydrogen (secondary N) is 3. The zero-order valence-corrected chi connectivity index (χ0v) is 16.7. The molecule has 6 nitrogen and oxygen atoms in total. The first-order chi connectivity index (χ1) is 14.8. The number of H-pyrrole nitrogens is 1. The van der Waals surface area contributed by atoms with E-state index < -0.39 is 17.6 Å². The first-order valence-corrected chi connectivity index (χ1v) is 9.66. The van der Waals surface area contributed by atoms with Gasteiger partial charge in [0.25, 0.3) is 5.91 Å². The predicted octanol–water partition coefficient (Wildman–Crippen LogP) is 4.61. The van der Waals surface area contributed by atoms with Gasteiger partial charge in [-0.1, -0.05) is 25.5 Å². The SMILES string of the molecule is CCCc1ccc(NC(=O)c2cccnc2NCc2ccc(=O)[nH]c2)cc1C(F)(F)F. The number of pyridine rings is 2. The zero-order chi connectivity index (χ0) is 22.4. The standard InChI is InChI=1S/C22H21F3N4O2/c1-2-4-15-7-8-16(11-18(15)22(23,24)25)29-21(31)17-5-3-10-26-20(17)28-13-14-6-9-19(30)27-12-14/h3,5-12H,2,4,13H2,1H3,(H,26,28)(H,27,30)(H,29,31). The molecule has 0 saturated carbocycles. The molecule has 0 radical (unpaired) electrons. The number of rotatable bonds is 7. The van der Waals surface area contributed by atoms with Crippen molar-refractivity contribution in [1.82, 2.24) is 9.97 Å². The number of aryl methyl sites for hydroxylation is 1. The Hall–Kier alpha value is -3.62. The summed E-state index contributed by atoms with van der Waals surface area (Å²) < 4.78 is 40.2. The average molecular weight is 430 g/mol. The van der Waals surface area contributed by atoms with Crippen molar-refractivity contribution in [3.63, 3.8) is 0 Å². The molecule has 31 heavy (non-hydrogen) atoms. The first-order valence-electron chi connectivity index (χ1n) is 9.66. The number of anilines is 2. The molecule has 3 N–H and O–H groups in total. The summed E-state index contributed by atoms with van der Waals surface area (Å²) in [7, 11) is 0. The first kappa shape index (κ1) is 22.1. The van der Waals surface area contributed by atoms with Gasteiger partial charge < -0.3 is 15.6 Å². The molecule has 3 aromatic rings. The Bertz CT molecular complexity index is 1110. The number of aromatic amines is 1. The molecular formula is C22H21F3N4O2. The number of nitrogens with zero attached hydrogens (tertiary/aromatic N) is 1. The topological polar surface area (TPSA) is 86.9 Å². The monoisotopic (exact) mass is 430 g/mol. The highest BCUT2D eigenvalue weighted by Gasteiger charge is 2.33. The van der Waals surface area contributed by atoms with Gasteiger partial charge in [0.2, 0.25) is 5.56 Å². The molecular weight excluding hydrogens is 409 g/mol. The minimum Gasteiger partial charge on any atom is -0.365 e. The van der Waals surface area contributed by atoms with E-state index in [4.69, 9.17) is 0 Å². The van der Waals surface area contributed by atoms with E-state index in [1.165, 1.54) is 36.7 Å². The van der Waals surface area contributed by atoms with E-state index in [1.54, 1.807) is 19.1 Å². The van der Waals surface area contributed by atoms with E-state index in [9.17, 15) is 22.8 Å². The van der Waals surface area contributed by atoms with Gasteiger partial charge in [0.15, 0.2) is 0 Å². The van der Waals surface area contributed by atoms with Gasteiger partial charge in [0.05, 0.1) is 11.1 Å². The number of hydrogen-bond acceptors (Lipinski definition) is 4. The Kier molecular flexibility index (Phi) is 6.74. The van der Waals surface area contributed by atoms with Crippen LogP contribution in [0.4, 0.5) is 24.7 Å². The van der Waals surface area contributed by atoms with Crippen LogP contribution in [0.3, 0.4) is 0 Å². The van der Waals surface area contributed by atoms with Gasteiger partial charge >= 0.3 is 6.18 Å². The Morgan fingerprint density at radius 1 is 1.16 bits per heavy atom. The lowest BCUT2D eigenvalue weighted by molar-refractivity contribution is -0.138. The molecule has 2 aromatic heterocycles. The fourth-order valence-corrected chi connectivity index (χ4v) is 3.07. The van der Waals surface area contributed by atoms with E-state index in [0.29, 0.717) is 12.8 Å². The van der Waals surface area contributed by atoms with Crippen molar-refractivity contribution in [2.45, 2.75) is 32.5 Å². The molecule has 0 fully saturated rings. The van der Waals surface area contributed by atoms with Gasteiger partial charge in [-0.05, 0) is 41.8 Å². The largest absolute Gasteiger partial charge is 0.416 e. The van der Waals surface area contributed by atoms with Crippen molar-refractivity contribution in [2.75, 3.05) is 10.6 Å². The van der Waals surface area contributed by atoms with Crippen LogP contribution in [-0.4, -0.2) is 15.9 Å². The van der Waals surface area contributed by atoms with Gasteiger partial charge in [-0.15, -0.1) is 0 Å². The molecule has 3 rings (SSSR count). The quantitative estimate of drug-likeness (QED) is 0.511. The Balaban J connectivity index is 1.79. The van der Waals surface area contributed by atoms with Crippen molar-refractivity contribution in [3.8, 4) is 0 Å². The molecule has 0 bridgehead atoms. The van der Waals surface area contributed by atoms with Crippen molar-refractivity contribution in [2.24, 2.45) is 0 Å². The van der Waals surface area contributed by atoms with Crippen LogP contribution in [0.25, 0.3) is 0 Å². The number of hydrogen-bond donors (Lipinski definition) is 3. The van der Waals surface area contributed by atoms with Crippen LogP contribution < -0.4 is 16.2 Å². The summed E-state index contributed by atoms with van der Waals surface area (Å²) in [5, 5.41) is 5.52. The summed E-state index contributed by atoms with van der Waals surface area (Å²) in [6.07, 6.45) is -0.607. The molecule has 0 aliphatic carbocycles. The van der Waals surface area contributed by atoms with Crippen LogP contribution in [-0.2, 0) is 19.1 Å². The molecule has 0 aliphatic rings. The highest BCUT2D eigenvalue weighted by molar-refractivity contribution is 6.07. The number of halogens is 3. The smallest absolute Gasteiger partial charge is 0.365 e. The highest BCUT2D eigenvalue weighted by Crippen LogP contribution is 2.34. The normalized spacial score (nSPS) is 11.2. The molecule has 0 atom stereocenters. The molecule has 0 spiro atoms. The third kappa shape index (κ3) is 5.71. The number of carbonyl (C=O) groups is 1. The van der Waals surface area contributed by atoms with Gasteiger partial charge in [0.1, 0.15) is 5.82 Å². The number of amides is 1. The van der Waals surface area contributed by atoms with Crippen LogP contribution in [0.5, 0.6) is 0 Å². The lowest BCUT2D eigenvalue weighted by Gasteiger charge is -2.15. The van der Waals surface area contributed by atoms with E-state index in [2.05, 4.69) is 20.6 Å². The Morgan fingerprint density at radius 2 is 1.97 bits per heavy atom. The minimum absolute atomic E-state index is 0.0487. The highest BCUT2D eigenvalue weighted by atomic mass is 19.4. The Labute approximate surface area is 176 Å². The maximum atomic E-state index is 13.4. The molecule has 1 aromatic carbocycles. The minimum atomic E-state index is -4.51. The van der Waals surface area contributed by atoms with Crippen molar-refractivity contribution in [1.29, 1.82) is 0 Å². The summed E-state index contributed by atoms with van der Waals surface area (Å²) in [5.74, 6) is -0.321. The van der Waals surface area contributed by atoms with E-state index in [1.807, 2.05) is 0 Å². The summed E-state index contributed by atoms with van der Waals surface area (Å²) in [6, 6.07) is 9.89. The number of carbonyl (C=O) groups excluding carboxylic acids is 1. The van der Waals surface area contributed by atoms with Crippen LogP contribution >= 0.6 is 0 Å². The van der Waals surface area contributed by atoms with E-state index >= 15 is 0 Å². The second kappa shape index (κ2) is 9.46. The summed E-state index contributed by atoms with van der Waals surface area (Å²) in [6.45, 7) is 2.10. The van der Waals surface area contributed by atoms with E-state index in [0.717, 1.165) is 11.6 Å². The number of aromatic nitrogens is 2. The molecule has 0 unspecified atom stereocenters. The maximum absolute atomic E-state index is 13.4. The van der Waals surface area contributed by atoms with Gasteiger partial charge in [-0.3, -0.25) is 9.59 Å². The molecule has 0 saturated heterocycles.